The van der Waals surface area contributed by atoms with Crippen LogP contribution in [0.3, 0.4) is 0 Å². The van der Waals surface area contributed by atoms with Gasteiger partial charge in [-0.05, 0) is 26.8 Å². The number of nitrogens with one attached hydrogen (secondary N) is 2. The Bertz CT molecular complexity index is 624. The fourth-order valence-corrected chi connectivity index (χ4v) is 3.00. The van der Waals surface area contributed by atoms with Gasteiger partial charge in [0.2, 0.25) is 5.91 Å². The Morgan fingerprint density at radius 1 is 1.50 bits per heavy atom. The number of rotatable bonds is 4. The van der Waals surface area contributed by atoms with E-state index >= 15 is 0 Å². The second kappa shape index (κ2) is 5.62. The molecular formula is C13H18N4O2S. The molecule has 20 heavy (non-hydrogen) atoms. The first-order chi connectivity index (χ1) is 9.43. The smallest absolute Gasteiger partial charge is 0.262 e. The molecule has 1 unspecified atom stereocenters. The molecule has 108 valence electrons. The van der Waals surface area contributed by atoms with E-state index in [1.807, 2.05) is 27.0 Å². The first kappa shape index (κ1) is 14.5. The van der Waals surface area contributed by atoms with E-state index in [1.165, 1.54) is 11.3 Å². The van der Waals surface area contributed by atoms with Gasteiger partial charge in [0.15, 0.2) is 0 Å². The standard InChI is InChI=1S/C13H18N4O2S/c1-5-14-11(18)8(3)15-12(19)10-6-9-7(2)16-17(4)13(9)20-10/h6,8H,5H2,1-4H3,(H,14,18)(H,15,19). The molecule has 0 fully saturated rings. The average Bonchev–Trinajstić information content (AvgIpc) is 2.92. The van der Waals surface area contributed by atoms with Gasteiger partial charge in [-0.15, -0.1) is 11.3 Å². The largest absolute Gasteiger partial charge is 0.355 e. The third-order valence-corrected chi connectivity index (χ3v) is 4.21. The molecule has 0 bridgehead atoms. The number of likely N-dealkylation sites (N-methyl/N-ethyl adjacent to an activating group) is 1. The topological polar surface area (TPSA) is 76.0 Å². The summed E-state index contributed by atoms with van der Waals surface area (Å²) < 4.78 is 1.76. The molecule has 2 aromatic rings. The Morgan fingerprint density at radius 3 is 2.80 bits per heavy atom. The van der Waals surface area contributed by atoms with E-state index in [4.69, 9.17) is 0 Å². The van der Waals surface area contributed by atoms with E-state index in [0.29, 0.717) is 11.4 Å². The highest BCUT2D eigenvalue weighted by Crippen LogP contribution is 2.27. The van der Waals surface area contributed by atoms with Crippen LogP contribution in [0.2, 0.25) is 0 Å². The highest BCUT2D eigenvalue weighted by molar-refractivity contribution is 7.20. The minimum Gasteiger partial charge on any atom is -0.355 e. The van der Waals surface area contributed by atoms with E-state index in [-0.39, 0.29) is 11.8 Å². The Labute approximate surface area is 121 Å². The van der Waals surface area contributed by atoms with Gasteiger partial charge in [-0.1, -0.05) is 0 Å². The first-order valence-corrected chi connectivity index (χ1v) is 7.27. The summed E-state index contributed by atoms with van der Waals surface area (Å²) in [7, 11) is 1.85. The quantitative estimate of drug-likeness (QED) is 0.889. The molecule has 2 N–H and O–H groups in total. The molecule has 7 heteroatoms. The van der Waals surface area contributed by atoms with Crippen LogP contribution >= 0.6 is 11.3 Å². The summed E-state index contributed by atoms with van der Waals surface area (Å²) in [5.74, 6) is -0.413. The summed E-state index contributed by atoms with van der Waals surface area (Å²) in [6.45, 7) is 5.97. The lowest BCUT2D eigenvalue weighted by atomic mass is 10.2. The molecule has 2 amide bonds. The molecule has 0 aromatic carbocycles. The summed E-state index contributed by atoms with van der Waals surface area (Å²) in [5.41, 5.74) is 0.898. The summed E-state index contributed by atoms with van der Waals surface area (Å²) in [6, 6.07) is 1.27. The molecule has 0 saturated heterocycles. The van der Waals surface area contributed by atoms with Gasteiger partial charge < -0.3 is 10.6 Å². The SMILES string of the molecule is CCNC(=O)C(C)NC(=O)c1cc2c(C)nn(C)c2s1. The van der Waals surface area contributed by atoms with Crippen LogP contribution in [-0.4, -0.2) is 34.2 Å². The van der Waals surface area contributed by atoms with Crippen molar-refractivity contribution >= 4 is 33.4 Å². The molecule has 0 spiro atoms. The third-order valence-electron chi connectivity index (χ3n) is 3.01. The number of hydrogen-bond acceptors (Lipinski definition) is 4. The van der Waals surface area contributed by atoms with Crippen molar-refractivity contribution in [2.75, 3.05) is 6.54 Å². The zero-order valence-electron chi connectivity index (χ0n) is 12.0. The number of hydrogen-bond donors (Lipinski definition) is 2. The predicted octanol–water partition coefficient (Wildman–Crippen LogP) is 1.20. The molecule has 2 aromatic heterocycles. The van der Waals surface area contributed by atoms with Gasteiger partial charge in [-0.3, -0.25) is 14.3 Å². The Kier molecular flexibility index (Phi) is 4.08. The summed E-state index contributed by atoms with van der Waals surface area (Å²) in [6.07, 6.45) is 0. The number of aromatic nitrogens is 2. The van der Waals surface area contributed by atoms with E-state index in [1.54, 1.807) is 11.6 Å². The number of thiophene rings is 1. The Balaban J connectivity index is 2.15. The maximum atomic E-state index is 12.1. The highest BCUT2D eigenvalue weighted by Gasteiger charge is 2.19. The molecule has 0 aliphatic rings. The average molecular weight is 294 g/mol. The van der Waals surface area contributed by atoms with Crippen molar-refractivity contribution in [1.29, 1.82) is 0 Å². The predicted molar refractivity (Wildman–Crippen MR) is 78.9 cm³/mol. The van der Waals surface area contributed by atoms with Gasteiger partial charge in [0, 0.05) is 19.0 Å². The summed E-state index contributed by atoms with van der Waals surface area (Å²) in [5, 5.41) is 10.7. The van der Waals surface area contributed by atoms with Crippen molar-refractivity contribution < 1.29 is 9.59 Å². The van der Waals surface area contributed by atoms with Crippen molar-refractivity contribution in [1.82, 2.24) is 20.4 Å². The number of carbonyl (C=O) groups excluding carboxylic acids is 2. The van der Waals surface area contributed by atoms with Crippen LogP contribution in [0.5, 0.6) is 0 Å². The molecular weight excluding hydrogens is 276 g/mol. The third kappa shape index (κ3) is 2.67. The Morgan fingerprint density at radius 2 is 2.20 bits per heavy atom. The monoisotopic (exact) mass is 294 g/mol. The van der Waals surface area contributed by atoms with Crippen molar-refractivity contribution in [3.8, 4) is 0 Å². The second-order valence-electron chi connectivity index (χ2n) is 4.63. The van der Waals surface area contributed by atoms with Gasteiger partial charge in [-0.2, -0.15) is 5.10 Å². The lowest BCUT2D eigenvalue weighted by Crippen LogP contribution is -2.44. The lowest BCUT2D eigenvalue weighted by molar-refractivity contribution is -0.122. The maximum Gasteiger partial charge on any atom is 0.262 e. The van der Waals surface area contributed by atoms with Crippen LogP contribution in [0.25, 0.3) is 10.2 Å². The van der Waals surface area contributed by atoms with Crippen LogP contribution in [0.1, 0.15) is 29.2 Å². The lowest BCUT2D eigenvalue weighted by Gasteiger charge is -2.12. The first-order valence-electron chi connectivity index (χ1n) is 6.45. The van der Waals surface area contributed by atoms with Crippen molar-refractivity contribution in [3.05, 3.63) is 16.6 Å². The van der Waals surface area contributed by atoms with E-state index < -0.39 is 6.04 Å². The number of nitrogens with zero attached hydrogens (tertiary/aromatic N) is 2. The second-order valence-corrected chi connectivity index (χ2v) is 5.66. The van der Waals surface area contributed by atoms with Gasteiger partial charge in [0.25, 0.3) is 5.91 Å². The van der Waals surface area contributed by atoms with E-state index in [2.05, 4.69) is 15.7 Å². The van der Waals surface area contributed by atoms with Crippen LogP contribution in [0.4, 0.5) is 0 Å². The zero-order chi connectivity index (χ0) is 14.9. The summed E-state index contributed by atoms with van der Waals surface area (Å²) in [4.78, 5) is 25.3. The van der Waals surface area contributed by atoms with Crippen LogP contribution in [-0.2, 0) is 11.8 Å². The normalized spacial score (nSPS) is 12.4. The van der Waals surface area contributed by atoms with E-state index in [0.717, 1.165) is 15.9 Å². The molecule has 0 saturated carbocycles. The zero-order valence-corrected chi connectivity index (χ0v) is 12.8. The minimum atomic E-state index is -0.549. The Hall–Kier alpha value is -1.89. The summed E-state index contributed by atoms with van der Waals surface area (Å²) >= 11 is 1.38. The fourth-order valence-electron chi connectivity index (χ4n) is 1.98. The molecule has 2 heterocycles. The number of aryl methyl sites for hydroxylation is 2. The number of amides is 2. The number of fused-ring (bicyclic) bond motifs is 1. The van der Waals surface area contributed by atoms with Crippen LogP contribution < -0.4 is 10.6 Å². The van der Waals surface area contributed by atoms with Crippen LogP contribution in [0.15, 0.2) is 6.07 Å². The molecule has 1 atom stereocenters. The molecule has 0 radical (unpaired) electrons. The van der Waals surface area contributed by atoms with Crippen molar-refractivity contribution in [3.63, 3.8) is 0 Å². The molecule has 2 rings (SSSR count). The molecule has 0 aliphatic heterocycles. The minimum absolute atomic E-state index is 0.181. The molecule has 0 aliphatic carbocycles. The van der Waals surface area contributed by atoms with Crippen molar-refractivity contribution in [2.24, 2.45) is 7.05 Å². The number of carbonyl (C=O) groups is 2. The highest BCUT2D eigenvalue weighted by atomic mass is 32.1. The maximum absolute atomic E-state index is 12.1. The fraction of sp³-hybridized carbons (Fsp3) is 0.462. The van der Waals surface area contributed by atoms with Gasteiger partial charge in [0.1, 0.15) is 10.9 Å². The molecule has 6 nitrogen and oxygen atoms in total. The van der Waals surface area contributed by atoms with Gasteiger partial charge in [0.05, 0.1) is 10.6 Å². The van der Waals surface area contributed by atoms with Gasteiger partial charge in [-0.25, -0.2) is 0 Å². The van der Waals surface area contributed by atoms with Crippen molar-refractivity contribution in [2.45, 2.75) is 26.8 Å². The van der Waals surface area contributed by atoms with E-state index in [9.17, 15) is 9.59 Å². The van der Waals surface area contributed by atoms with Gasteiger partial charge >= 0.3 is 0 Å². The van der Waals surface area contributed by atoms with Crippen LogP contribution in [0, 0.1) is 6.92 Å².